The maximum atomic E-state index is 12.3. The number of amides is 1. The summed E-state index contributed by atoms with van der Waals surface area (Å²) in [5, 5.41) is 12.8. The molecule has 1 heterocycles. The van der Waals surface area contributed by atoms with Gasteiger partial charge in [-0.2, -0.15) is 0 Å². The van der Waals surface area contributed by atoms with Gasteiger partial charge < -0.3 is 15.3 Å². The molecule has 2 aliphatic rings. The SMILES string of the molecule is CC(C)N1CCN(c2ccc(C(=O)NCC3CCCC3O)cc2)CC1. The van der Waals surface area contributed by atoms with Gasteiger partial charge in [0.1, 0.15) is 0 Å². The summed E-state index contributed by atoms with van der Waals surface area (Å²) in [6.07, 6.45) is 2.66. The molecule has 25 heavy (non-hydrogen) atoms. The van der Waals surface area contributed by atoms with Gasteiger partial charge in [-0.15, -0.1) is 0 Å². The van der Waals surface area contributed by atoms with Crippen LogP contribution in [-0.4, -0.2) is 60.8 Å². The van der Waals surface area contributed by atoms with E-state index in [1.807, 2.05) is 24.3 Å². The predicted molar refractivity (Wildman–Crippen MR) is 101 cm³/mol. The van der Waals surface area contributed by atoms with Crippen LogP contribution in [0.2, 0.25) is 0 Å². The van der Waals surface area contributed by atoms with Crippen molar-refractivity contribution in [3.8, 4) is 0 Å². The molecule has 3 rings (SSSR count). The lowest BCUT2D eigenvalue weighted by atomic mass is 10.1. The number of nitrogens with zero attached hydrogens (tertiary/aromatic N) is 2. The normalized spacial score (nSPS) is 24.7. The van der Waals surface area contributed by atoms with Gasteiger partial charge in [0, 0.05) is 55.9 Å². The molecule has 1 amide bonds. The van der Waals surface area contributed by atoms with Crippen LogP contribution in [0.5, 0.6) is 0 Å². The molecule has 1 saturated heterocycles. The number of anilines is 1. The first kappa shape index (κ1) is 18.2. The highest BCUT2D eigenvalue weighted by Crippen LogP contribution is 2.25. The molecule has 138 valence electrons. The van der Waals surface area contributed by atoms with Crippen LogP contribution < -0.4 is 10.2 Å². The molecular weight excluding hydrogens is 314 g/mol. The molecule has 1 aromatic carbocycles. The van der Waals surface area contributed by atoms with Crippen LogP contribution in [-0.2, 0) is 0 Å². The highest BCUT2D eigenvalue weighted by Gasteiger charge is 2.25. The van der Waals surface area contributed by atoms with Crippen molar-refractivity contribution >= 4 is 11.6 Å². The maximum absolute atomic E-state index is 12.3. The fourth-order valence-corrected chi connectivity index (χ4v) is 3.90. The molecule has 1 aromatic rings. The minimum absolute atomic E-state index is 0.0460. The zero-order chi connectivity index (χ0) is 17.8. The van der Waals surface area contributed by atoms with Crippen molar-refractivity contribution < 1.29 is 9.90 Å². The molecule has 2 fully saturated rings. The highest BCUT2D eigenvalue weighted by atomic mass is 16.3. The van der Waals surface area contributed by atoms with Crippen molar-refractivity contribution in [2.75, 3.05) is 37.6 Å². The summed E-state index contributed by atoms with van der Waals surface area (Å²) in [4.78, 5) is 17.2. The molecule has 0 aromatic heterocycles. The Labute approximate surface area is 151 Å². The summed E-state index contributed by atoms with van der Waals surface area (Å²) in [7, 11) is 0. The molecule has 1 aliphatic carbocycles. The van der Waals surface area contributed by atoms with Crippen LogP contribution in [0.1, 0.15) is 43.5 Å². The van der Waals surface area contributed by atoms with Crippen molar-refractivity contribution in [2.45, 2.75) is 45.3 Å². The Morgan fingerprint density at radius 2 is 1.84 bits per heavy atom. The maximum Gasteiger partial charge on any atom is 0.251 e. The van der Waals surface area contributed by atoms with Gasteiger partial charge in [0.25, 0.3) is 5.91 Å². The Morgan fingerprint density at radius 1 is 1.16 bits per heavy atom. The largest absolute Gasteiger partial charge is 0.393 e. The van der Waals surface area contributed by atoms with Crippen LogP contribution in [0.3, 0.4) is 0 Å². The van der Waals surface area contributed by atoms with E-state index in [9.17, 15) is 9.90 Å². The zero-order valence-corrected chi connectivity index (χ0v) is 15.4. The smallest absolute Gasteiger partial charge is 0.251 e. The third-order valence-corrected chi connectivity index (χ3v) is 5.68. The molecule has 5 heteroatoms. The van der Waals surface area contributed by atoms with Crippen LogP contribution >= 0.6 is 0 Å². The Morgan fingerprint density at radius 3 is 2.40 bits per heavy atom. The first-order valence-electron chi connectivity index (χ1n) is 9.60. The Bertz CT molecular complexity index is 565. The minimum Gasteiger partial charge on any atom is -0.393 e. The zero-order valence-electron chi connectivity index (χ0n) is 15.4. The van der Waals surface area contributed by atoms with Crippen LogP contribution in [0.4, 0.5) is 5.69 Å². The molecule has 1 saturated carbocycles. The fraction of sp³-hybridized carbons (Fsp3) is 0.650. The van der Waals surface area contributed by atoms with Crippen molar-refractivity contribution in [1.29, 1.82) is 0 Å². The second-order valence-electron chi connectivity index (χ2n) is 7.63. The first-order chi connectivity index (χ1) is 12.0. The lowest BCUT2D eigenvalue weighted by Crippen LogP contribution is -2.48. The van der Waals surface area contributed by atoms with Crippen molar-refractivity contribution in [1.82, 2.24) is 10.2 Å². The summed E-state index contributed by atoms with van der Waals surface area (Å²) in [6, 6.07) is 8.51. The molecule has 5 nitrogen and oxygen atoms in total. The summed E-state index contributed by atoms with van der Waals surface area (Å²) < 4.78 is 0. The van der Waals surface area contributed by atoms with E-state index in [-0.39, 0.29) is 17.9 Å². The van der Waals surface area contributed by atoms with Gasteiger partial charge in [0.05, 0.1) is 6.10 Å². The quantitative estimate of drug-likeness (QED) is 0.858. The van der Waals surface area contributed by atoms with Gasteiger partial charge in [0.15, 0.2) is 0 Å². The van der Waals surface area contributed by atoms with E-state index in [1.54, 1.807) is 0 Å². The Kier molecular flexibility index (Phi) is 5.97. The predicted octanol–water partition coefficient (Wildman–Crippen LogP) is 2.11. The molecule has 2 atom stereocenters. The van der Waals surface area contributed by atoms with Gasteiger partial charge >= 0.3 is 0 Å². The molecule has 1 aliphatic heterocycles. The van der Waals surface area contributed by atoms with Gasteiger partial charge in [-0.3, -0.25) is 9.69 Å². The van der Waals surface area contributed by atoms with Gasteiger partial charge in [-0.05, 0) is 51.0 Å². The van der Waals surface area contributed by atoms with E-state index in [2.05, 4.69) is 29.0 Å². The van der Waals surface area contributed by atoms with Crippen molar-refractivity contribution in [3.63, 3.8) is 0 Å². The minimum atomic E-state index is -0.257. The number of piperazine rings is 1. The highest BCUT2D eigenvalue weighted by molar-refractivity contribution is 5.94. The number of benzene rings is 1. The van der Waals surface area contributed by atoms with E-state index in [4.69, 9.17) is 0 Å². The van der Waals surface area contributed by atoms with Gasteiger partial charge in [-0.25, -0.2) is 0 Å². The number of carbonyl (C=O) groups excluding carboxylic acids is 1. The average Bonchev–Trinajstić information content (AvgIpc) is 3.05. The van der Waals surface area contributed by atoms with Gasteiger partial charge in [0.2, 0.25) is 0 Å². The Balaban J connectivity index is 1.51. The van der Waals surface area contributed by atoms with E-state index < -0.39 is 0 Å². The molecule has 2 unspecified atom stereocenters. The third kappa shape index (κ3) is 4.53. The van der Waals surface area contributed by atoms with E-state index in [0.717, 1.165) is 45.4 Å². The van der Waals surface area contributed by atoms with E-state index in [1.165, 1.54) is 5.69 Å². The molecular formula is C20H31N3O2. The number of carbonyl (C=O) groups is 1. The number of hydrogen-bond acceptors (Lipinski definition) is 4. The van der Waals surface area contributed by atoms with E-state index in [0.29, 0.717) is 18.2 Å². The monoisotopic (exact) mass is 345 g/mol. The number of hydrogen-bond donors (Lipinski definition) is 2. The second kappa shape index (κ2) is 8.19. The topological polar surface area (TPSA) is 55.8 Å². The van der Waals surface area contributed by atoms with Gasteiger partial charge in [-0.1, -0.05) is 6.42 Å². The molecule has 2 N–H and O–H groups in total. The molecule has 0 spiro atoms. The average molecular weight is 345 g/mol. The fourth-order valence-electron chi connectivity index (χ4n) is 3.90. The summed E-state index contributed by atoms with van der Waals surface area (Å²) in [6.45, 7) is 9.29. The summed E-state index contributed by atoms with van der Waals surface area (Å²) in [5.41, 5.74) is 1.88. The van der Waals surface area contributed by atoms with Crippen LogP contribution in [0.25, 0.3) is 0 Å². The number of rotatable bonds is 5. The molecule has 0 bridgehead atoms. The van der Waals surface area contributed by atoms with Crippen molar-refractivity contribution in [3.05, 3.63) is 29.8 Å². The second-order valence-corrected chi connectivity index (χ2v) is 7.63. The number of aliphatic hydroxyl groups is 1. The lowest BCUT2D eigenvalue weighted by Gasteiger charge is -2.38. The summed E-state index contributed by atoms with van der Waals surface area (Å²) >= 11 is 0. The van der Waals surface area contributed by atoms with Crippen molar-refractivity contribution in [2.24, 2.45) is 5.92 Å². The number of nitrogens with one attached hydrogen (secondary N) is 1. The third-order valence-electron chi connectivity index (χ3n) is 5.68. The lowest BCUT2D eigenvalue weighted by molar-refractivity contribution is 0.0917. The number of aliphatic hydroxyl groups excluding tert-OH is 1. The van der Waals surface area contributed by atoms with E-state index >= 15 is 0 Å². The molecule has 0 radical (unpaired) electrons. The standard InChI is InChI=1S/C20H31N3O2/c1-15(2)22-10-12-23(13-11-22)18-8-6-16(7-9-18)20(25)21-14-17-4-3-5-19(17)24/h6-9,15,17,19,24H,3-5,10-14H2,1-2H3,(H,21,25). The first-order valence-corrected chi connectivity index (χ1v) is 9.60. The van der Waals surface area contributed by atoms with Crippen LogP contribution in [0, 0.1) is 5.92 Å². The Hall–Kier alpha value is -1.59. The van der Waals surface area contributed by atoms with Crippen LogP contribution in [0.15, 0.2) is 24.3 Å². The summed E-state index contributed by atoms with van der Waals surface area (Å²) in [5.74, 6) is 0.163.